The summed E-state index contributed by atoms with van der Waals surface area (Å²) in [6.07, 6.45) is 5.29. The van der Waals surface area contributed by atoms with Crippen molar-refractivity contribution in [2.75, 3.05) is 11.5 Å². The molecule has 232 valence electrons. The highest BCUT2D eigenvalue weighted by Crippen LogP contribution is 2.44. The van der Waals surface area contributed by atoms with Crippen molar-refractivity contribution in [3.05, 3.63) is 57.6 Å². The number of phenols is 2. The van der Waals surface area contributed by atoms with Crippen LogP contribution in [-0.4, -0.2) is 21.7 Å². The van der Waals surface area contributed by atoms with Gasteiger partial charge in [0.1, 0.15) is 11.5 Å². The Morgan fingerprint density at radius 2 is 0.732 bits per heavy atom. The molecule has 2 unspecified atom stereocenters. The van der Waals surface area contributed by atoms with Gasteiger partial charge in [0.05, 0.1) is 0 Å². The normalized spacial score (nSPS) is 14.8. The van der Waals surface area contributed by atoms with Crippen molar-refractivity contribution in [2.45, 2.75) is 149 Å². The summed E-state index contributed by atoms with van der Waals surface area (Å²) in [6, 6.07) is 9.04. The van der Waals surface area contributed by atoms with Crippen LogP contribution in [0.25, 0.3) is 0 Å². The molecule has 0 radical (unpaired) electrons. The van der Waals surface area contributed by atoms with Gasteiger partial charge in [-0.3, -0.25) is 0 Å². The van der Waals surface area contributed by atoms with E-state index in [2.05, 4.69) is 133 Å². The van der Waals surface area contributed by atoms with E-state index in [9.17, 15) is 10.2 Å². The van der Waals surface area contributed by atoms with Crippen molar-refractivity contribution < 1.29 is 10.2 Å². The van der Waals surface area contributed by atoms with Crippen molar-refractivity contribution in [3.8, 4) is 11.5 Å². The number of thiol groups is 2. The third kappa shape index (κ3) is 9.36. The highest BCUT2D eigenvalue weighted by molar-refractivity contribution is 7.80. The van der Waals surface area contributed by atoms with Gasteiger partial charge in [0, 0.05) is 0 Å². The van der Waals surface area contributed by atoms with Crippen LogP contribution >= 0.6 is 25.3 Å². The molecule has 0 aromatic heterocycles. The molecule has 4 heteroatoms. The lowest BCUT2D eigenvalue weighted by molar-refractivity contribution is 0.421. The number of aromatic hydroxyl groups is 2. The predicted octanol–water partition coefficient (Wildman–Crippen LogP) is 11.0. The molecule has 0 heterocycles. The molecule has 0 saturated carbocycles. The fourth-order valence-electron chi connectivity index (χ4n) is 5.95. The maximum atomic E-state index is 11.3. The Hall–Kier alpha value is -1.26. The Bertz CT molecular complexity index is 992. The Kier molecular flexibility index (Phi) is 11.9. The molecule has 0 saturated heterocycles. The molecular formula is C37H60O2S2. The number of hydrogen-bond acceptors (Lipinski definition) is 4. The predicted molar refractivity (Wildman–Crippen MR) is 187 cm³/mol. The van der Waals surface area contributed by atoms with Crippen LogP contribution in [0.4, 0.5) is 0 Å². The minimum Gasteiger partial charge on any atom is -0.507 e. The molecule has 0 aliphatic carbocycles. The first-order valence-electron chi connectivity index (χ1n) is 15.6. The molecule has 0 fully saturated rings. The summed E-state index contributed by atoms with van der Waals surface area (Å²) in [5, 5.41) is 22.5. The molecule has 0 bridgehead atoms. The largest absolute Gasteiger partial charge is 0.507 e. The minimum atomic E-state index is -0.141. The van der Waals surface area contributed by atoms with E-state index in [0.29, 0.717) is 23.3 Å². The zero-order valence-electron chi connectivity index (χ0n) is 28.2. The summed E-state index contributed by atoms with van der Waals surface area (Å²) >= 11 is 9.30. The average Bonchev–Trinajstić information content (AvgIpc) is 2.80. The first-order chi connectivity index (χ1) is 18.6. The second-order valence-corrected chi connectivity index (χ2v) is 17.2. The van der Waals surface area contributed by atoms with Crippen molar-refractivity contribution in [3.63, 3.8) is 0 Å². The molecule has 0 spiro atoms. The third-order valence-electron chi connectivity index (χ3n) is 8.50. The summed E-state index contributed by atoms with van der Waals surface area (Å²) in [5.74, 6) is 3.35. The lowest BCUT2D eigenvalue weighted by Crippen LogP contribution is -2.19. The Balaban J connectivity index is 2.47. The molecule has 2 aromatic carbocycles. The summed E-state index contributed by atoms with van der Waals surface area (Å²) in [7, 11) is 0. The van der Waals surface area contributed by atoms with Gasteiger partial charge in [-0.1, -0.05) is 114 Å². The zero-order chi connectivity index (χ0) is 31.6. The van der Waals surface area contributed by atoms with Gasteiger partial charge in [-0.25, -0.2) is 0 Å². The highest BCUT2D eigenvalue weighted by Gasteiger charge is 2.30. The molecular weight excluding hydrogens is 541 g/mol. The Morgan fingerprint density at radius 3 is 0.927 bits per heavy atom. The van der Waals surface area contributed by atoms with E-state index in [-0.39, 0.29) is 21.7 Å². The van der Waals surface area contributed by atoms with Crippen LogP contribution in [0.5, 0.6) is 11.5 Å². The minimum absolute atomic E-state index is 0.141. The number of rotatable bonds is 10. The first-order valence-corrected chi connectivity index (χ1v) is 16.9. The van der Waals surface area contributed by atoms with Crippen LogP contribution in [0.15, 0.2) is 24.3 Å². The van der Waals surface area contributed by atoms with Gasteiger partial charge in [0.15, 0.2) is 0 Å². The first kappa shape index (κ1) is 35.9. The van der Waals surface area contributed by atoms with E-state index >= 15 is 0 Å². The molecule has 2 rings (SSSR count). The van der Waals surface area contributed by atoms with Crippen molar-refractivity contribution in [2.24, 2.45) is 0 Å². The maximum absolute atomic E-state index is 11.3. The molecule has 2 atom stereocenters. The SMILES string of the molecule is CC(C)(C)c1cc(C(CCS)CCCC(CCS)c2cc(C(C)(C)C)c(O)c(C(C)(C)C)c2)cc(C(C)(C)C)c1O. The van der Waals surface area contributed by atoms with Crippen LogP contribution < -0.4 is 0 Å². The molecule has 0 aliphatic heterocycles. The van der Waals surface area contributed by atoms with Crippen LogP contribution in [0, 0.1) is 0 Å². The smallest absolute Gasteiger partial charge is 0.123 e. The van der Waals surface area contributed by atoms with E-state index in [1.807, 2.05) is 0 Å². The zero-order valence-corrected chi connectivity index (χ0v) is 30.0. The molecule has 2 N–H and O–H groups in total. The van der Waals surface area contributed by atoms with Gasteiger partial charge >= 0.3 is 0 Å². The molecule has 41 heavy (non-hydrogen) atoms. The van der Waals surface area contributed by atoms with Crippen LogP contribution in [0.2, 0.25) is 0 Å². The number of hydrogen-bond donors (Lipinski definition) is 4. The monoisotopic (exact) mass is 600 g/mol. The molecule has 0 amide bonds. The average molecular weight is 601 g/mol. The van der Waals surface area contributed by atoms with Crippen molar-refractivity contribution in [1.29, 1.82) is 0 Å². The second-order valence-electron chi connectivity index (χ2n) is 16.3. The quantitative estimate of drug-likeness (QED) is 0.205. The topological polar surface area (TPSA) is 40.5 Å². The number of phenolic OH excluding ortho intramolecular Hbond substituents is 2. The van der Waals surface area contributed by atoms with Crippen molar-refractivity contribution in [1.82, 2.24) is 0 Å². The Labute approximate surface area is 264 Å². The van der Waals surface area contributed by atoms with E-state index in [1.54, 1.807) is 0 Å². The summed E-state index contributed by atoms with van der Waals surface area (Å²) in [6.45, 7) is 26.2. The fourth-order valence-corrected chi connectivity index (χ4v) is 6.57. The molecule has 0 aliphatic rings. The summed E-state index contributed by atoms with van der Waals surface area (Å²) in [4.78, 5) is 0. The van der Waals surface area contributed by atoms with Crippen molar-refractivity contribution >= 4 is 25.3 Å². The van der Waals surface area contributed by atoms with Gasteiger partial charge in [-0.05, 0) is 104 Å². The molecule has 2 nitrogen and oxygen atoms in total. The Morgan fingerprint density at radius 1 is 0.488 bits per heavy atom. The third-order valence-corrected chi connectivity index (χ3v) is 9.02. The fraction of sp³-hybridized carbons (Fsp3) is 0.676. The van der Waals surface area contributed by atoms with Gasteiger partial charge in [-0.2, -0.15) is 25.3 Å². The van der Waals surface area contributed by atoms with E-state index < -0.39 is 0 Å². The lowest BCUT2D eigenvalue weighted by Gasteiger charge is -2.31. The molecule has 2 aromatic rings. The van der Waals surface area contributed by atoms with Gasteiger partial charge in [-0.15, -0.1) is 0 Å². The van der Waals surface area contributed by atoms with Gasteiger partial charge < -0.3 is 10.2 Å². The highest BCUT2D eigenvalue weighted by atomic mass is 32.1. The summed E-state index contributed by atoms with van der Waals surface area (Å²) in [5.41, 5.74) is 6.22. The van der Waals surface area contributed by atoms with Crippen LogP contribution in [0.3, 0.4) is 0 Å². The van der Waals surface area contributed by atoms with E-state index in [1.165, 1.54) is 11.1 Å². The van der Waals surface area contributed by atoms with E-state index in [4.69, 9.17) is 0 Å². The summed E-state index contributed by atoms with van der Waals surface area (Å²) < 4.78 is 0. The standard InChI is InChI=1S/C37H60O2S2/c1-34(2,3)28-20-26(21-29(32(28)38)35(4,5)6)24(16-18-40)14-13-15-25(17-19-41)27-22-30(36(7,8)9)33(39)31(23-27)37(10,11)12/h20-25,38-41H,13-19H2,1-12H3. The lowest BCUT2D eigenvalue weighted by atomic mass is 9.75. The van der Waals surface area contributed by atoms with E-state index in [0.717, 1.165) is 65.9 Å². The number of benzene rings is 2. The van der Waals surface area contributed by atoms with Gasteiger partial charge in [0.25, 0.3) is 0 Å². The maximum Gasteiger partial charge on any atom is 0.123 e. The second kappa shape index (κ2) is 13.6. The van der Waals surface area contributed by atoms with Crippen LogP contribution in [0.1, 0.15) is 160 Å². The van der Waals surface area contributed by atoms with Gasteiger partial charge in [0.2, 0.25) is 0 Å². The van der Waals surface area contributed by atoms with Crippen LogP contribution in [-0.2, 0) is 21.7 Å².